The van der Waals surface area contributed by atoms with Crippen LogP contribution < -0.4 is 4.74 Å². The molecule has 0 bridgehead atoms. The van der Waals surface area contributed by atoms with E-state index >= 15 is 0 Å². The van der Waals surface area contributed by atoms with Crippen molar-refractivity contribution < 1.29 is 27.8 Å². The minimum Gasteiger partial charge on any atom is -0.490 e. The fourth-order valence-corrected chi connectivity index (χ4v) is 6.18. The Hall–Kier alpha value is -2.00. The molecule has 8 heteroatoms. The van der Waals surface area contributed by atoms with Gasteiger partial charge in [-0.1, -0.05) is 12.1 Å². The number of β-amino-alcohol motifs (C(OH)–C–C–N with tert-alkyl or cyclic N) is 1. The standard InChI is InChI=1S/C22H27NO6S/c1-28-22(14-24)21-12-17(25)13-23(21)30(26,27)20-9-7-15-10-19(8-6-16(15)11-20)29-18-4-2-3-5-18/h6-11,14,17-18,21-22,25H,2-5,12-13H2,1H3/t17-,21-,22?/m0/s1. The number of nitrogens with zero attached hydrogens (tertiary/aromatic N) is 1. The molecular weight excluding hydrogens is 406 g/mol. The van der Waals surface area contributed by atoms with Gasteiger partial charge in [-0.3, -0.25) is 0 Å². The summed E-state index contributed by atoms with van der Waals surface area (Å²) < 4.78 is 38.9. The van der Waals surface area contributed by atoms with Crippen molar-refractivity contribution in [3.8, 4) is 5.75 Å². The number of aliphatic hydroxyl groups is 1. The molecule has 4 rings (SSSR count). The lowest BCUT2D eigenvalue weighted by atomic mass is 10.1. The molecule has 7 nitrogen and oxygen atoms in total. The van der Waals surface area contributed by atoms with Crippen LogP contribution in [0.25, 0.3) is 10.8 Å². The van der Waals surface area contributed by atoms with E-state index in [-0.39, 0.29) is 24.0 Å². The Balaban J connectivity index is 1.61. The third-order valence-electron chi connectivity index (χ3n) is 6.05. The van der Waals surface area contributed by atoms with Gasteiger partial charge in [0.1, 0.15) is 18.1 Å². The quantitative estimate of drug-likeness (QED) is 0.675. The second-order valence-corrected chi connectivity index (χ2v) is 9.95. The molecule has 1 aliphatic heterocycles. The average molecular weight is 434 g/mol. The first-order chi connectivity index (χ1) is 14.4. The number of sulfonamides is 1. The number of ether oxygens (including phenoxy) is 2. The van der Waals surface area contributed by atoms with Gasteiger partial charge in [0.2, 0.25) is 10.0 Å². The van der Waals surface area contributed by atoms with Gasteiger partial charge in [-0.15, -0.1) is 0 Å². The molecule has 0 spiro atoms. The summed E-state index contributed by atoms with van der Waals surface area (Å²) in [5, 5.41) is 11.7. The molecule has 1 N–H and O–H groups in total. The molecule has 1 heterocycles. The molecule has 2 fully saturated rings. The van der Waals surface area contributed by atoms with Crippen molar-refractivity contribution in [2.75, 3.05) is 13.7 Å². The van der Waals surface area contributed by atoms with Gasteiger partial charge in [0.25, 0.3) is 0 Å². The van der Waals surface area contributed by atoms with Gasteiger partial charge in [0.05, 0.1) is 23.1 Å². The molecule has 0 aromatic heterocycles. The molecule has 2 aromatic carbocycles. The summed E-state index contributed by atoms with van der Waals surface area (Å²) in [5.41, 5.74) is 0. The maximum atomic E-state index is 13.3. The summed E-state index contributed by atoms with van der Waals surface area (Å²) >= 11 is 0. The number of methoxy groups -OCH3 is 1. The molecule has 2 aromatic rings. The van der Waals surface area contributed by atoms with Crippen LogP contribution in [0.2, 0.25) is 0 Å². The highest BCUT2D eigenvalue weighted by molar-refractivity contribution is 7.89. The summed E-state index contributed by atoms with van der Waals surface area (Å²) in [5.74, 6) is 0.793. The van der Waals surface area contributed by atoms with Gasteiger partial charge in [-0.05, 0) is 67.1 Å². The molecule has 1 saturated carbocycles. The van der Waals surface area contributed by atoms with Crippen LogP contribution >= 0.6 is 0 Å². The average Bonchev–Trinajstić information content (AvgIpc) is 3.38. The Bertz CT molecular complexity index is 1020. The SMILES string of the molecule is COC(C=O)[C@@H]1C[C@H](O)CN1S(=O)(=O)c1ccc2cc(OC3CCCC3)ccc2c1. The van der Waals surface area contributed by atoms with Crippen LogP contribution in [0.15, 0.2) is 41.3 Å². The van der Waals surface area contributed by atoms with Crippen molar-refractivity contribution >= 4 is 27.1 Å². The van der Waals surface area contributed by atoms with E-state index in [2.05, 4.69) is 0 Å². The van der Waals surface area contributed by atoms with E-state index in [1.165, 1.54) is 24.3 Å². The van der Waals surface area contributed by atoms with Gasteiger partial charge in [-0.25, -0.2) is 8.42 Å². The maximum absolute atomic E-state index is 13.3. The van der Waals surface area contributed by atoms with Crippen molar-refractivity contribution in [2.24, 2.45) is 0 Å². The Kier molecular flexibility index (Phi) is 6.11. The van der Waals surface area contributed by atoms with Crippen molar-refractivity contribution in [3.05, 3.63) is 36.4 Å². The highest BCUT2D eigenvalue weighted by Crippen LogP contribution is 2.32. The molecule has 0 amide bonds. The van der Waals surface area contributed by atoms with E-state index in [9.17, 15) is 18.3 Å². The lowest BCUT2D eigenvalue weighted by molar-refractivity contribution is -0.118. The third kappa shape index (κ3) is 4.09. The topological polar surface area (TPSA) is 93.1 Å². The number of rotatable bonds is 7. The van der Waals surface area contributed by atoms with Crippen LogP contribution in [-0.2, 0) is 19.6 Å². The summed E-state index contributed by atoms with van der Waals surface area (Å²) in [4.78, 5) is 11.5. The molecule has 30 heavy (non-hydrogen) atoms. The number of aldehydes is 1. The predicted octanol–water partition coefficient (Wildman–Crippen LogP) is 2.50. The fraction of sp³-hybridized carbons (Fsp3) is 0.500. The summed E-state index contributed by atoms with van der Waals surface area (Å²) in [6, 6.07) is 9.87. The van der Waals surface area contributed by atoms with Gasteiger partial charge in [0, 0.05) is 13.7 Å². The number of carbonyl (C=O) groups excluding carboxylic acids is 1. The van der Waals surface area contributed by atoms with E-state index in [1.54, 1.807) is 18.2 Å². The fourth-order valence-electron chi connectivity index (χ4n) is 4.46. The smallest absolute Gasteiger partial charge is 0.243 e. The van der Waals surface area contributed by atoms with Gasteiger partial charge in [-0.2, -0.15) is 4.31 Å². The Labute approximate surface area is 176 Å². The third-order valence-corrected chi connectivity index (χ3v) is 7.94. The number of carbonyl (C=O) groups is 1. The molecule has 1 unspecified atom stereocenters. The monoisotopic (exact) mass is 433 g/mol. The van der Waals surface area contributed by atoms with Crippen LogP contribution in [0, 0.1) is 0 Å². The van der Waals surface area contributed by atoms with Crippen molar-refractivity contribution in [1.82, 2.24) is 4.31 Å². The zero-order valence-corrected chi connectivity index (χ0v) is 17.8. The van der Waals surface area contributed by atoms with Gasteiger partial charge in [0.15, 0.2) is 0 Å². The summed E-state index contributed by atoms with van der Waals surface area (Å²) in [6.45, 7) is -0.0626. The van der Waals surface area contributed by atoms with E-state index in [4.69, 9.17) is 9.47 Å². The highest BCUT2D eigenvalue weighted by atomic mass is 32.2. The summed E-state index contributed by atoms with van der Waals surface area (Å²) in [6.07, 6.45) is 3.77. The van der Waals surface area contributed by atoms with Crippen LogP contribution in [0.5, 0.6) is 5.75 Å². The Morgan fingerprint density at radius 3 is 2.53 bits per heavy atom. The number of fused-ring (bicyclic) bond motifs is 1. The number of hydrogen-bond acceptors (Lipinski definition) is 6. The van der Waals surface area contributed by atoms with E-state index in [0.29, 0.717) is 6.29 Å². The zero-order chi connectivity index (χ0) is 21.3. The number of benzene rings is 2. The van der Waals surface area contributed by atoms with Crippen LogP contribution in [0.3, 0.4) is 0 Å². The molecule has 0 radical (unpaired) electrons. The zero-order valence-electron chi connectivity index (χ0n) is 16.9. The van der Waals surface area contributed by atoms with Crippen molar-refractivity contribution in [3.63, 3.8) is 0 Å². The van der Waals surface area contributed by atoms with E-state index < -0.39 is 28.3 Å². The largest absolute Gasteiger partial charge is 0.490 e. The first-order valence-electron chi connectivity index (χ1n) is 10.3. The van der Waals surface area contributed by atoms with Crippen molar-refractivity contribution in [2.45, 2.75) is 61.4 Å². The van der Waals surface area contributed by atoms with E-state index in [0.717, 1.165) is 29.4 Å². The minimum atomic E-state index is -3.90. The second-order valence-electron chi connectivity index (χ2n) is 8.06. The molecule has 2 aliphatic rings. The maximum Gasteiger partial charge on any atom is 0.243 e. The van der Waals surface area contributed by atoms with Crippen molar-refractivity contribution in [1.29, 1.82) is 0 Å². The van der Waals surface area contributed by atoms with Gasteiger partial charge >= 0.3 is 0 Å². The second kappa shape index (κ2) is 8.63. The van der Waals surface area contributed by atoms with Crippen LogP contribution in [0.4, 0.5) is 0 Å². The molecular formula is C22H27NO6S. The normalized spacial score (nSPS) is 24.3. The lowest BCUT2D eigenvalue weighted by Gasteiger charge is -2.27. The highest BCUT2D eigenvalue weighted by Gasteiger charge is 2.43. The molecule has 162 valence electrons. The molecule has 1 saturated heterocycles. The Morgan fingerprint density at radius 1 is 1.13 bits per heavy atom. The first-order valence-corrected chi connectivity index (χ1v) is 11.7. The van der Waals surface area contributed by atoms with Crippen LogP contribution in [-0.4, -0.2) is 62.1 Å². The minimum absolute atomic E-state index is 0.0626. The lowest BCUT2D eigenvalue weighted by Crippen LogP contribution is -2.44. The number of hydrogen-bond donors (Lipinski definition) is 1. The first kappa shape index (κ1) is 21.2. The summed E-state index contributed by atoms with van der Waals surface area (Å²) in [7, 11) is -2.55. The molecule has 3 atom stereocenters. The predicted molar refractivity (Wildman–Crippen MR) is 112 cm³/mol. The van der Waals surface area contributed by atoms with Gasteiger partial charge < -0.3 is 19.4 Å². The molecule has 1 aliphatic carbocycles. The van der Waals surface area contributed by atoms with E-state index in [1.807, 2.05) is 18.2 Å². The van der Waals surface area contributed by atoms with Crippen LogP contribution in [0.1, 0.15) is 32.1 Å². The Morgan fingerprint density at radius 2 is 1.83 bits per heavy atom. The number of aliphatic hydroxyl groups excluding tert-OH is 1.